The molecule has 1 atom stereocenters. The van der Waals surface area contributed by atoms with Crippen LogP contribution in [-0.2, 0) is 19.6 Å². The van der Waals surface area contributed by atoms with E-state index in [0.29, 0.717) is 24.2 Å². The molecule has 0 spiro atoms. The molecule has 0 radical (unpaired) electrons. The van der Waals surface area contributed by atoms with Crippen LogP contribution < -0.4 is 10.6 Å². The van der Waals surface area contributed by atoms with E-state index in [9.17, 15) is 18.0 Å². The van der Waals surface area contributed by atoms with Crippen molar-refractivity contribution in [3.8, 4) is 0 Å². The SMILES string of the molecule is Cc1ccc(NC(=O)CN2CCCC2C(=O)Nc2ccccc2)cc1S(=O)(=O)N(C)C. The molecule has 2 aromatic rings. The van der Waals surface area contributed by atoms with Crippen LogP contribution in [0, 0.1) is 6.92 Å². The van der Waals surface area contributed by atoms with Gasteiger partial charge < -0.3 is 10.6 Å². The third-order valence-electron chi connectivity index (χ3n) is 5.28. The van der Waals surface area contributed by atoms with Gasteiger partial charge in [0.05, 0.1) is 17.5 Å². The zero-order valence-corrected chi connectivity index (χ0v) is 18.8. The molecule has 2 amide bonds. The van der Waals surface area contributed by atoms with Gasteiger partial charge in [0.15, 0.2) is 0 Å². The summed E-state index contributed by atoms with van der Waals surface area (Å²) < 4.78 is 26.1. The second-order valence-electron chi connectivity index (χ2n) is 7.80. The fraction of sp³-hybridized carbons (Fsp3) is 0.364. The van der Waals surface area contributed by atoms with Gasteiger partial charge in [-0.05, 0) is 56.1 Å². The Hall–Kier alpha value is -2.75. The Morgan fingerprint density at radius 1 is 1.06 bits per heavy atom. The summed E-state index contributed by atoms with van der Waals surface area (Å²) in [6.45, 7) is 2.41. The molecule has 1 heterocycles. The highest BCUT2D eigenvalue weighted by molar-refractivity contribution is 7.89. The van der Waals surface area contributed by atoms with E-state index in [1.165, 1.54) is 20.2 Å². The Bertz CT molecular complexity index is 1050. The number of carbonyl (C=O) groups excluding carboxylic acids is 2. The van der Waals surface area contributed by atoms with Crippen LogP contribution in [0.5, 0.6) is 0 Å². The molecule has 0 saturated carbocycles. The predicted octanol–water partition coefficient (Wildman–Crippen LogP) is 2.29. The maximum Gasteiger partial charge on any atom is 0.242 e. The second-order valence-corrected chi connectivity index (χ2v) is 9.92. The zero-order chi connectivity index (χ0) is 22.6. The van der Waals surface area contributed by atoms with Crippen molar-refractivity contribution in [2.24, 2.45) is 0 Å². The third kappa shape index (κ3) is 5.49. The van der Waals surface area contributed by atoms with Crippen molar-refractivity contribution < 1.29 is 18.0 Å². The van der Waals surface area contributed by atoms with E-state index in [-0.39, 0.29) is 29.3 Å². The minimum absolute atomic E-state index is 0.0521. The molecular formula is C22H28N4O4S. The average Bonchev–Trinajstić information content (AvgIpc) is 3.18. The standard InChI is InChI=1S/C22H28N4O4S/c1-16-11-12-18(14-20(16)31(29,30)25(2)3)23-21(27)15-26-13-7-10-19(26)22(28)24-17-8-5-4-6-9-17/h4-6,8-9,11-12,14,19H,7,10,13,15H2,1-3H3,(H,23,27)(H,24,28). The van der Waals surface area contributed by atoms with Crippen LogP contribution in [0.25, 0.3) is 0 Å². The van der Waals surface area contributed by atoms with Crippen molar-refractivity contribution in [3.05, 3.63) is 54.1 Å². The molecule has 3 rings (SSSR count). The lowest BCUT2D eigenvalue weighted by Gasteiger charge is -2.23. The molecule has 31 heavy (non-hydrogen) atoms. The summed E-state index contributed by atoms with van der Waals surface area (Å²) in [4.78, 5) is 27.3. The fourth-order valence-corrected chi connectivity index (χ4v) is 4.74. The lowest BCUT2D eigenvalue weighted by atomic mass is 10.2. The maximum atomic E-state index is 12.7. The van der Waals surface area contributed by atoms with Crippen molar-refractivity contribution in [2.45, 2.75) is 30.7 Å². The van der Waals surface area contributed by atoms with Gasteiger partial charge in [0, 0.05) is 25.5 Å². The molecule has 0 aliphatic carbocycles. The summed E-state index contributed by atoms with van der Waals surface area (Å²) >= 11 is 0. The molecule has 0 bridgehead atoms. The second kappa shape index (κ2) is 9.59. The number of nitrogens with zero attached hydrogens (tertiary/aromatic N) is 2. The van der Waals surface area contributed by atoms with Crippen molar-refractivity contribution >= 4 is 33.2 Å². The molecule has 1 aliphatic heterocycles. The first-order valence-electron chi connectivity index (χ1n) is 10.1. The number of amides is 2. The fourth-order valence-electron chi connectivity index (χ4n) is 3.60. The summed E-state index contributed by atoms with van der Waals surface area (Å²) in [7, 11) is -0.687. The van der Waals surface area contributed by atoms with E-state index < -0.39 is 10.0 Å². The van der Waals surface area contributed by atoms with Gasteiger partial charge in [-0.3, -0.25) is 14.5 Å². The van der Waals surface area contributed by atoms with Gasteiger partial charge in [0.1, 0.15) is 0 Å². The van der Waals surface area contributed by atoms with Crippen LogP contribution >= 0.6 is 0 Å². The molecule has 1 aliphatic rings. The molecular weight excluding hydrogens is 416 g/mol. The Labute approximate surface area is 183 Å². The van der Waals surface area contributed by atoms with Crippen LogP contribution in [0.4, 0.5) is 11.4 Å². The van der Waals surface area contributed by atoms with Gasteiger partial charge >= 0.3 is 0 Å². The van der Waals surface area contributed by atoms with E-state index in [0.717, 1.165) is 16.4 Å². The molecule has 1 fully saturated rings. The largest absolute Gasteiger partial charge is 0.325 e. The number of carbonyl (C=O) groups is 2. The topological polar surface area (TPSA) is 98.8 Å². The normalized spacial score (nSPS) is 17.0. The number of benzene rings is 2. The van der Waals surface area contributed by atoms with Gasteiger partial charge in [0.2, 0.25) is 21.8 Å². The lowest BCUT2D eigenvalue weighted by molar-refractivity contribution is -0.122. The minimum Gasteiger partial charge on any atom is -0.325 e. The third-order valence-corrected chi connectivity index (χ3v) is 7.24. The number of hydrogen-bond donors (Lipinski definition) is 2. The summed E-state index contributed by atoms with van der Waals surface area (Å²) in [5, 5.41) is 5.66. The van der Waals surface area contributed by atoms with E-state index >= 15 is 0 Å². The summed E-state index contributed by atoms with van der Waals surface area (Å²) in [6, 6.07) is 13.6. The van der Waals surface area contributed by atoms with Crippen molar-refractivity contribution in [2.75, 3.05) is 37.8 Å². The molecule has 1 saturated heterocycles. The van der Waals surface area contributed by atoms with Gasteiger partial charge in [-0.15, -0.1) is 0 Å². The number of anilines is 2. The molecule has 1 unspecified atom stereocenters. The number of para-hydroxylation sites is 1. The number of sulfonamides is 1. The highest BCUT2D eigenvalue weighted by Crippen LogP contribution is 2.23. The van der Waals surface area contributed by atoms with Crippen molar-refractivity contribution in [1.82, 2.24) is 9.21 Å². The van der Waals surface area contributed by atoms with E-state index in [1.54, 1.807) is 19.1 Å². The molecule has 0 aromatic heterocycles. The van der Waals surface area contributed by atoms with E-state index in [1.807, 2.05) is 35.2 Å². The number of aryl methyl sites for hydroxylation is 1. The predicted molar refractivity (Wildman–Crippen MR) is 120 cm³/mol. The van der Waals surface area contributed by atoms with E-state index in [2.05, 4.69) is 10.6 Å². The van der Waals surface area contributed by atoms with Crippen LogP contribution in [0.1, 0.15) is 18.4 Å². The van der Waals surface area contributed by atoms with Crippen LogP contribution in [0.2, 0.25) is 0 Å². The Kier molecular flexibility index (Phi) is 7.09. The molecule has 8 nitrogen and oxygen atoms in total. The minimum atomic E-state index is -3.62. The van der Waals surface area contributed by atoms with Gasteiger partial charge in [-0.2, -0.15) is 0 Å². The quantitative estimate of drug-likeness (QED) is 0.683. The van der Waals surface area contributed by atoms with Gasteiger partial charge in [0.25, 0.3) is 0 Å². The van der Waals surface area contributed by atoms with Crippen LogP contribution in [0.15, 0.2) is 53.4 Å². The van der Waals surface area contributed by atoms with Gasteiger partial charge in [-0.1, -0.05) is 24.3 Å². The van der Waals surface area contributed by atoms with Gasteiger partial charge in [-0.25, -0.2) is 12.7 Å². The lowest BCUT2D eigenvalue weighted by Crippen LogP contribution is -2.43. The zero-order valence-electron chi connectivity index (χ0n) is 18.0. The Balaban J connectivity index is 1.66. The summed E-state index contributed by atoms with van der Waals surface area (Å²) in [6.07, 6.45) is 1.51. The number of likely N-dealkylation sites (tertiary alicyclic amines) is 1. The Morgan fingerprint density at radius 2 is 1.77 bits per heavy atom. The van der Waals surface area contributed by atoms with Crippen LogP contribution in [-0.4, -0.2) is 62.7 Å². The first-order chi connectivity index (χ1) is 14.7. The molecule has 9 heteroatoms. The van der Waals surface area contributed by atoms with Crippen LogP contribution in [0.3, 0.4) is 0 Å². The first kappa shape index (κ1) is 22.9. The number of hydrogen-bond acceptors (Lipinski definition) is 5. The smallest absolute Gasteiger partial charge is 0.242 e. The number of rotatable bonds is 7. The Morgan fingerprint density at radius 3 is 2.45 bits per heavy atom. The summed E-state index contributed by atoms with van der Waals surface area (Å²) in [5.41, 5.74) is 1.72. The molecule has 2 N–H and O–H groups in total. The van der Waals surface area contributed by atoms with Crippen molar-refractivity contribution in [1.29, 1.82) is 0 Å². The van der Waals surface area contributed by atoms with Crippen molar-refractivity contribution in [3.63, 3.8) is 0 Å². The molecule has 166 valence electrons. The highest BCUT2D eigenvalue weighted by Gasteiger charge is 2.32. The monoisotopic (exact) mass is 444 g/mol. The molecule has 2 aromatic carbocycles. The highest BCUT2D eigenvalue weighted by atomic mass is 32.2. The summed E-state index contributed by atoms with van der Waals surface area (Å²) in [5.74, 6) is -0.428. The average molecular weight is 445 g/mol. The maximum absolute atomic E-state index is 12.7. The number of nitrogens with one attached hydrogen (secondary N) is 2. The first-order valence-corrected chi connectivity index (χ1v) is 11.6. The van der Waals surface area contributed by atoms with E-state index in [4.69, 9.17) is 0 Å².